The van der Waals surface area contributed by atoms with Crippen molar-refractivity contribution in [2.75, 3.05) is 6.61 Å². The number of nitrogens with one attached hydrogen (secondary N) is 1. The Morgan fingerprint density at radius 3 is 3.00 bits per heavy atom. The molecule has 1 aliphatic rings. The van der Waals surface area contributed by atoms with Crippen molar-refractivity contribution in [1.29, 1.82) is 0 Å². The van der Waals surface area contributed by atoms with Gasteiger partial charge < -0.3 is 14.8 Å². The molecule has 2 heterocycles. The van der Waals surface area contributed by atoms with Crippen LogP contribution in [-0.2, 0) is 11.2 Å². The van der Waals surface area contributed by atoms with Gasteiger partial charge in [-0.05, 0) is 30.5 Å². The van der Waals surface area contributed by atoms with Crippen molar-refractivity contribution in [1.82, 2.24) is 9.97 Å². The Bertz CT molecular complexity index is 708. The third-order valence-corrected chi connectivity index (χ3v) is 3.74. The maximum atomic E-state index is 12.2. The number of rotatable bonds is 3. The Balaban J connectivity index is 1.94. The van der Waals surface area contributed by atoms with Gasteiger partial charge in [-0.2, -0.15) is 4.98 Å². The van der Waals surface area contributed by atoms with Crippen molar-refractivity contribution in [2.45, 2.75) is 25.4 Å². The van der Waals surface area contributed by atoms with Crippen molar-refractivity contribution < 1.29 is 9.84 Å². The van der Waals surface area contributed by atoms with Crippen LogP contribution in [0.2, 0.25) is 5.02 Å². The SMILES string of the molecule is O=c1[nH]c(CC2CCCO2)nc(O)c1-c1cccc(Cl)c1. The van der Waals surface area contributed by atoms with Crippen molar-refractivity contribution >= 4 is 11.6 Å². The molecule has 0 radical (unpaired) electrons. The zero-order chi connectivity index (χ0) is 14.8. The number of hydrogen-bond donors (Lipinski definition) is 2. The summed E-state index contributed by atoms with van der Waals surface area (Å²) in [6, 6.07) is 6.75. The monoisotopic (exact) mass is 306 g/mol. The molecule has 0 amide bonds. The van der Waals surface area contributed by atoms with Crippen LogP contribution in [0.4, 0.5) is 0 Å². The summed E-state index contributed by atoms with van der Waals surface area (Å²) in [4.78, 5) is 19.0. The van der Waals surface area contributed by atoms with Gasteiger partial charge in [0, 0.05) is 18.1 Å². The van der Waals surface area contributed by atoms with Crippen LogP contribution in [0.1, 0.15) is 18.7 Å². The van der Waals surface area contributed by atoms with Crippen LogP contribution in [0.3, 0.4) is 0 Å². The maximum absolute atomic E-state index is 12.2. The summed E-state index contributed by atoms with van der Waals surface area (Å²) in [5.74, 6) is 0.157. The molecule has 110 valence electrons. The Hall–Kier alpha value is -1.85. The second kappa shape index (κ2) is 5.87. The molecular formula is C15H15ClN2O3. The first-order valence-electron chi connectivity index (χ1n) is 6.83. The lowest BCUT2D eigenvalue weighted by atomic mass is 10.1. The van der Waals surface area contributed by atoms with E-state index in [9.17, 15) is 9.90 Å². The number of ether oxygens (including phenoxy) is 1. The Labute approximate surface area is 126 Å². The van der Waals surface area contributed by atoms with E-state index in [-0.39, 0.29) is 23.1 Å². The highest BCUT2D eigenvalue weighted by atomic mass is 35.5. The minimum atomic E-state index is -0.377. The highest BCUT2D eigenvalue weighted by Gasteiger charge is 2.19. The van der Waals surface area contributed by atoms with E-state index < -0.39 is 0 Å². The summed E-state index contributed by atoms with van der Waals surface area (Å²) in [5.41, 5.74) is 0.295. The quantitative estimate of drug-likeness (QED) is 0.913. The molecule has 2 N–H and O–H groups in total. The van der Waals surface area contributed by atoms with Gasteiger partial charge in [0.15, 0.2) is 0 Å². The van der Waals surface area contributed by atoms with Gasteiger partial charge in [0.25, 0.3) is 5.56 Å². The Kier molecular flexibility index (Phi) is 3.94. The minimum absolute atomic E-state index is 0.0598. The zero-order valence-corrected chi connectivity index (χ0v) is 12.1. The largest absolute Gasteiger partial charge is 0.493 e. The molecule has 1 saturated heterocycles. The molecule has 1 aromatic carbocycles. The molecule has 0 saturated carbocycles. The molecule has 0 spiro atoms. The van der Waals surface area contributed by atoms with Crippen molar-refractivity contribution in [3.05, 3.63) is 45.5 Å². The van der Waals surface area contributed by atoms with E-state index in [1.807, 2.05) is 0 Å². The van der Waals surface area contributed by atoms with E-state index in [0.29, 0.717) is 22.8 Å². The van der Waals surface area contributed by atoms with Gasteiger partial charge in [0.2, 0.25) is 5.88 Å². The Morgan fingerprint density at radius 1 is 1.48 bits per heavy atom. The van der Waals surface area contributed by atoms with Crippen LogP contribution >= 0.6 is 11.6 Å². The van der Waals surface area contributed by atoms with Crippen LogP contribution in [0.5, 0.6) is 5.88 Å². The Morgan fingerprint density at radius 2 is 2.33 bits per heavy atom. The lowest BCUT2D eigenvalue weighted by Gasteiger charge is -2.10. The van der Waals surface area contributed by atoms with E-state index in [1.54, 1.807) is 24.3 Å². The number of nitrogens with zero attached hydrogens (tertiary/aromatic N) is 1. The van der Waals surface area contributed by atoms with Gasteiger partial charge in [0.05, 0.1) is 6.10 Å². The van der Waals surface area contributed by atoms with Gasteiger partial charge in [-0.15, -0.1) is 0 Å². The molecule has 5 nitrogen and oxygen atoms in total. The predicted octanol–water partition coefficient (Wildman–Crippen LogP) is 2.52. The molecule has 6 heteroatoms. The summed E-state index contributed by atoms with van der Waals surface area (Å²) in [6.07, 6.45) is 2.52. The molecule has 0 bridgehead atoms. The molecule has 1 unspecified atom stereocenters. The van der Waals surface area contributed by atoms with E-state index in [2.05, 4.69) is 9.97 Å². The molecule has 1 aliphatic heterocycles. The van der Waals surface area contributed by atoms with E-state index in [0.717, 1.165) is 19.4 Å². The number of halogens is 1. The van der Waals surface area contributed by atoms with Crippen LogP contribution in [0, 0.1) is 0 Å². The summed E-state index contributed by atoms with van der Waals surface area (Å²) in [5, 5.41) is 10.6. The fourth-order valence-electron chi connectivity index (χ4n) is 2.53. The van der Waals surface area contributed by atoms with Gasteiger partial charge in [0.1, 0.15) is 11.4 Å². The van der Waals surface area contributed by atoms with Crippen LogP contribution in [0.15, 0.2) is 29.1 Å². The molecule has 0 aliphatic carbocycles. The number of benzene rings is 1. The summed E-state index contributed by atoms with van der Waals surface area (Å²) < 4.78 is 5.51. The molecule has 3 rings (SSSR count). The average molecular weight is 307 g/mol. The van der Waals surface area contributed by atoms with Crippen molar-refractivity contribution in [3.63, 3.8) is 0 Å². The van der Waals surface area contributed by atoms with Crippen LogP contribution in [-0.4, -0.2) is 27.8 Å². The third kappa shape index (κ3) is 3.09. The van der Waals surface area contributed by atoms with E-state index in [4.69, 9.17) is 16.3 Å². The highest BCUT2D eigenvalue weighted by Crippen LogP contribution is 2.26. The van der Waals surface area contributed by atoms with Gasteiger partial charge in [-0.25, -0.2) is 0 Å². The van der Waals surface area contributed by atoms with Gasteiger partial charge >= 0.3 is 0 Å². The molecule has 21 heavy (non-hydrogen) atoms. The lowest BCUT2D eigenvalue weighted by molar-refractivity contribution is 0.109. The predicted molar refractivity (Wildman–Crippen MR) is 79.6 cm³/mol. The number of aromatic amines is 1. The second-order valence-corrected chi connectivity index (χ2v) is 5.50. The molecule has 1 fully saturated rings. The zero-order valence-electron chi connectivity index (χ0n) is 11.3. The first kappa shape index (κ1) is 14.1. The normalized spacial score (nSPS) is 18.0. The molecule has 1 aromatic heterocycles. The summed E-state index contributed by atoms with van der Waals surface area (Å²) >= 11 is 5.91. The van der Waals surface area contributed by atoms with Crippen LogP contribution < -0.4 is 5.56 Å². The van der Waals surface area contributed by atoms with Gasteiger partial charge in [-0.3, -0.25) is 4.79 Å². The first-order chi connectivity index (χ1) is 10.1. The smallest absolute Gasteiger partial charge is 0.262 e. The number of hydrogen-bond acceptors (Lipinski definition) is 4. The third-order valence-electron chi connectivity index (χ3n) is 3.51. The number of aromatic hydroxyl groups is 1. The molecular weight excluding hydrogens is 292 g/mol. The fourth-order valence-corrected chi connectivity index (χ4v) is 2.72. The molecule has 2 aromatic rings. The van der Waals surface area contributed by atoms with E-state index >= 15 is 0 Å². The van der Waals surface area contributed by atoms with Crippen molar-refractivity contribution in [2.24, 2.45) is 0 Å². The standard InChI is InChI=1S/C15H15ClN2O3/c16-10-4-1-3-9(7-10)13-14(19)17-12(18-15(13)20)8-11-5-2-6-21-11/h1,3-4,7,11H,2,5-6,8H2,(H2,17,18,19,20). The summed E-state index contributed by atoms with van der Waals surface area (Å²) in [7, 11) is 0. The van der Waals surface area contributed by atoms with Crippen molar-refractivity contribution in [3.8, 4) is 17.0 Å². The minimum Gasteiger partial charge on any atom is -0.493 e. The van der Waals surface area contributed by atoms with E-state index in [1.165, 1.54) is 0 Å². The maximum Gasteiger partial charge on any atom is 0.262 e. The molecule has 1 atom stereocenters. The highest BCUT2D eigenvalue weighted by molar-refractivity contribution is 6.30. The number of H-pyrrole nitrogens is 1. The average Bonchev–Trinajstić information content (AvgIpc) is 2.91. The topological polar surface area (TPSA) is 75.2 Å². The fraction of sp³-hybridized carbons (Fsp3) is 0.333. The first-order valence-corrected chi connectivity index (χ1v) is 7.21. The van der Waals surface area contributed by atoms with Gasteiger partial charge in [-0.1, -0.05) is 23.7 Å². The second-order valence-electron chi connectivity index (χ2n) is 5.06. The van der Waals surface area contributed by atoms with Crippen LogP contribution in [0.25, 0.3) is 11.1 Å². The lowest BCUT2D eigenvalue weighted by Crippen LogP contribution is -2.18. The summed E-state index contributed by atoms with van der Waals surface area (Å²) in [6.45, 7) is 0.738. The number of aromatic nitrogens is 2.